The highest BCUT2D eigenvalue weighted by Gasteiger charge is 2.46. The molecule has 1 fully saturated rings. The van der Waals surface area contributed by atoms with Crippen molar-refractivity contribution in [3.63, 3.8) is 0 Å². The van der Waals surface area contributed by atoms with Crippen molar-refractivity contribution in [3.05, 3.63) is 53.4 Å². The van der Waals surface area contributed by atoms with Gasteiger partial charge in [-0.3, -0.25) is 4.98 Å². The van der Waals surface area contributed by atoms with Crippen LogP contribution in [-0.4, -0.2) is 36.7 Å². The normalized spacial score (nSPS) is 16.1. The Morgan fingerprint density at radius 1 is 1.46 bits per heavy atom. The number of carbonyl (C=O) groups is 1. The lowest BCUT2D eigenvalue weighted by molar-refractivity contribution is 0.0698. The molecular formula is C19H21FN6O2. The Hall–Kier alpha value is -3.07. The molecule has 0 aromatic carbocycles. The number of nitrogens with zero attached hydrogens (tertiary/aromatic N) is 4. The van der Waals surface area contributed by atoms with Crippen molar-refractivity contribution in [1.29, 1.82) is 0 Å². The predicted octanol–water partition coefficient (Wildman–Crippen LogP) is 2.34. The number of hydrogen-bond donors (Lipinski definition) is 3. The molecule has 0 bridgehead atoms. The predicted molar refractivity (Wildman–Crippen MR) is 101 cm³/mol. The first-order chi connectivity index (χ1) is 13.4. The molecule has 3 aromatic rings. The third-order valence-electron chi connectivity index (χ3n) is 5.01. The summed E-state index contributed by atoms with van der Waals surface area (Å²) >= 11 is 0. The molecule has 1 atom stereocenters. The van der Waals surface area contributed by atoms with Gasteiger partial charge in [0, 0.05) is 23.5 Å². The number of carboxylic acids is 1. The van der Waals surface area contributed by atoms with Crippen LogP contribution in [0.3, 0.4) is 0 Å². The molecule has 1 aliphatic rings. The summed E-state index contributed by atoms with van der Waals surface area (Å²) in [4.78, 5) is 20.0. The number of fused-ring (bicyclic) bond motifs is 1. The fraction of sp³-hybridized carbons (Fsp3) is 0.368. The second-order valence-corrected chi connectivity index (χ2v) is 7.32. The molecule has 0 aliphatic heterocycles. The number of hydrogen-bond acceptors (Lipinski definition) is 6. The quantitative estimate of drug-likeness (QED) is 0.572. The fourth-order valence-corrected chi connectivity index (χ4v) is 3.37. The number of aromatic nitrogens is 4. The van der Waals surface area contributed by atoms with Gasteiger partial charge < -0.3 is 16.2 Å². The van der Waals surface area contributed by atoms with Gasteiger partial charge in [0.05, 0.1) is 17.9 Å². The van der Waals surface area contributed by atoms with Gasteiger partial charge in [0.15, 0.2) is 5.65 Å². The molecule has 1 saturated carbocycles. The van der Waals surface area contributed by atoms with Gasteiger partial charge in [-0.25, -0.2) is 18.7 Å². The molecule has 8 nitrogen and oxygen atoms in total. The minimum Gasteiger partial charge on any atom is -0.477 e. The van der Waals surface area contributed by atoms with E-state index in [-0.39, 0.29) is 23.1 Å². The van der Waals surface area contributed by atoms with E-state index in [0.717, 1.165) is 30.5 Å². The van der Waals surface area contributed by atoms with Crippen LogP contribution in [0.25, 0.3) is 5.65 Å². The zero-order valence-electron chi connectivity index (χ0n) is 15.4. The molecule has 9 heteroatoms. The summed E-state index contributed by atoms with van der Waals surface area (Å²) < 4.78 is 15.4. The van der Waals surface area contributed by atoms with Crippen molar-refractivity contribution in [3.8, 4) is 0 Å². The third kappa shape index (κ3) is 3.40. The summed E-state index contributed by atoms with van der Waals surface area (Å²) in [5, 5.41) is 16.6. The molecule has 4 rings (SSSR count). The highest BCUT2D eigenvalue weighted by atomic mass is 19.1. The van der Waals surface area contributed by atoms with Gasteiger partial charge in [-0.1, -0.05) is 0 Å². The molecule has 28 heavy (non-hydrogen) atoms. The molecule has 3 aromatic heterocycles. The molecule has 146 valence electrons. The maximum absolute atomic E-state index is 13.9. The summed E-state index contributed by atoms with van der Waals surface area (Å²) in [5.41, 5.74) is 7.31. The lowest BCUT2D eigenvalue weighted by Gasteiger charge is -2.22. The second kappa shape index (κ2) is 6.83. The van der Waals surface area contributed by atoms with Crippen LogP contribution in [0.1, 0.15) is 47.8 Å². The Kier molecular flexibility index (Phi) is 4.46. The van der Waals surface area contributed by atoms with E-state index in [1.807, 2.05) is 6.92 Å². The van der Waals surface area contributed by atoms with E-state index in [1.54, 1.807) is 12.3 Å². The zero-order chi connectivity index (χ0) is 19.9. The fourth-order valence-electron chi connectivity index (χ4n) is 3.37. The van der Waals surface area contributed by atoms with Gasteiger partial charge >= 0.3 is 5.97 Å². The van der Waals surface area contributed by atoms with Gasteiger partial charge in [-0.05, 0) is 44.7 Å². The number of nitrogens with two attached hydrogens (primary N) is 1. The first-order valence-corrected chi connectivity index (χ1v) is 9.14. The standard InChI is InChI=1S/C19H21FN6O2/c1-11(21)2-3-15-14(8-12(20)9-22-15)19(5-6-19)25-16-4-7-26-17(24-16)13(10-23-26)18(27)28/h4,7-11H,2-3,5-6,21H2,1H3,(H,24,25)(H,27,28)/t11-/m1/s1. The average molecular weight is 384 g/mol. The van der Waals surface area contributed by atoms with Crippen LogP contribution >= 0.6 is 0 Å². The second-order valence-electron chi connectivity index (χ2n) is 7.32. The smallest absolute Gasteiger partial charge is 0.341 e. The maximum Gasteiger partial charge on any atom is 0.341 e. The number of carboxylic acid groups (broad SMARTS) is 1. The molecule has 0 radical (unpaired) electrons. The van der Waals surface area contributed by atoms with E-state index in [9.17, 15) is 14.3 Å². The Morgan fingerprint density at radius 3 is 2.93 bits per heavy atom. The lowest BCUT2D eigenvalue weighted by Crippen LogP contribution is -2.23. The van der Waals surface area contributed by atoms with Gasteiger partial charge in [-0.15, -0.1) is 0 Å². The Bertz CT molecular complexity index is 1040. The van der Waals surface area contributed by atoms with Crippen LogP contribution in [0, 0.1) is 5.82 Å². The highest BCUT2D eigenvalue weighted by Crippen LogP contribution is 2.49. The largest absolute Gasteiger partial charge is 0.477 e. The highest BCUT2D eigenvalue weighted by molar-refractivity contribution is 5.94. The first kappa shape index (κ1) is 18.3. The molecular weight excluding hydrogens is 363 g/mol. The van der Waals surface area contributed by atoms with Gasteiger partial charge in [-0.2, -0.15) is 5.10 Å². The van der Waals surface area contributed by atoms with E-state index >= 15 is 0 Å². The summed E-state index contributed by atoms with van der Waals surface area (Å²) in [6.45, 7) is 1.93. The zero-order valence-corrected chi connectivity index (χ0v) is 15.4. The Labute approximate surface area is 160 Å². The monoisotopic (exact) mass is 384 g/mol. The number of aromatic carboxylic acids is 1. The van der Waals surface area contributed by atoms with Crippen molar-refractivity contribution in [2.45, 2.75) is 44.2 Å². The Balaban J connectivity index is 1.67. The number of aryl methyl sites for hydroxylation is 1. The van der Waals surface area contributed by atoms with Crippen LogP contribution in [0.15, 0.2) is 30.7 Å². The number of nitrogens with one attached hydrogen (secondary N) is 1. The number of rotatable bonds is 7. The maximum atomic E-state index is 13.9. The molecule has 1 aliphatic carbocycles. The van der Waals surface area contributed by atoms with Crippen molar-refractivity contribution in [2.75, 3.05) is 5.32 Å². The summed E-state index contributed by atoms with van der Waals surface area (Å²) in [5.74, 6) is -0.969. The topological polar surface area (TPSA) is 118 Å². The molecule has 0 spiro atoms. The SMILES string of the molecule is C[C@@H](N)CCc1ncc(F)cc1C1(Nc2ccn3ncc(C(=O)O)c3n2)CC1. The number of pyridine rings is 1. The van der Waals surface area contributed by atoms with Gasteiger partial charge in [0.1, 0.15) is 17.2 Å². The van der Waals surface area contributed by atoms with Gasteiger partial charge in [0.2, 0.25) is 0 Å². The number of anilines is 1. The first-order valence-electron chi connectivity index (χ1n) is 9.14. The summed E-state index contributed by atoms with van der Waals surface area (Å²) in [6.07, 6.45) is 7.17. The summed E-state index contributed by atoms with van der Waals surface area (Å²) in [7, 11) is 0. The average Bonchev–Trinajstić information content (AvgIpc) is 3.30. The molecule has 3 heterocycles. The van der Waals surface area contributed by atoms with E-state index < -0.39 is 11.5 Å². The molecule has 0 unspecified atom stereocenters. The third-order valence-corrected chi connectivity index (χ3v) is 5.01. The van der Waals surface area contributed by atoms with Crippen molar-refractivity contribution in [2.24, 2.45) is 5.73 Å². The van der Waals surface area contributed by atoms with Crippen LogP contribution < -0.4 is 11.1 Å². The van der Waals surface area contributed by atoms with Crippen LogP contribution in [0.4, 0.5) is 10.2 Å². The molecule has 0 saturated heterocycles. The van der Waals surface area contributed by atoms with Crippen molar-refractivity contribution >= 4 is 17.4 Å². The number of halogens is 1. The van der Waals surface area contributed by atoms with E-state index in [4.69, 9.17) is 5.73 Å². The van der Waals surface area contributed by atoms with Crippen LogP contribution in [0.2, 0.25) is 0 Å². The van der Waals surface area contributed by atoms with Gasteiger partial charge in [0.25, 0.3) is 0 Å². The molecule has 0 amide bonds. The molecule has 4 N–H and O–H groups in total. The minimum atomic E-state index is -1.09. The van der Waals surface area contributed by atoms with Crippen molar-refractivity contribution in [1.82, 2.24) is 19.6 Å². The van der Waals surface area contributed by atoms with Crippen molar-refractivity contribution < 1.29 is 14.3 Å². The van der Waals surface area contributed by atoms with E-state index in [1.165, 1.54) is 23.0 Å². The lowest BCUT2D eigenvalue weighted by atomic mass is 9.98. The van der Waals surface area contributed by atoms with E-state index in [2.05, 4.69) is 20.4 Å². The van der Waals surface area contributed by atoms with Crippen LogP contribution in [-0.2, 0) is 12.0 Å². The van der Waals surface area contributed by atoms with Crippen LogP contribution in [0.5, 0.6) is 0 Å². The minimum absolute atomic E-state index is 0.0264. The van der Waals surface area contributed by atoms with E-state index in [0.29, 0.717) is 12.2 Å². The summed E-state index contributed by atoms with van der Waals surface area (Å²) in [6, 6.07) is 3.27. The Morgan fingerprint density at radius 2 is 2.25 bits per heavy atom.